The van der Waals surface area contributed by atoms with Gasteiger partial charge in [0.15, 0.2) is 0 Å². The lowest BCUT2D eigenvalue weighted by molar-refractivity contribution is 0.0352. The number of hydrogen-bond acceptors (Lipinski definition) is 6. The van der Waals surface area contributed by atoms with Crippen LogP contribution in [0.15, 0.2) is 47.0 Å². The Morgan fingerprint density at radius 1 is 1.28 bits per heavy atom. The summed E-state index contributed by atoms with van der Waals surface area (Å²) < 4.78 is 12.3. The Kier molecular flexibility index (Phi) is 7.49. The number of benzene rings is 1. The summed E-state index contributed by atoms with van der Waals surface area (Å²) in [4.78, 5) is 33.9. The lowest BCUT2D eigenvalue weighted by Gasteiger charge is -2.37. The number of aromatic nitrogens is 1. The van der Waals surface area contributed by atoms with Crippen LogP contribution < -0.4 is 10.1 Å². The van der Waals surface area contributed by atoms with Crippen LogP contribution in [-0.2, 0) is 0 Å². The zero-order chi connectivity index (χ0) is 26.0. The topological polar surface area (TPSA) is 108 Å². The zero-order valence-electron chi connectivity index (χ0n) is 21.4. The molecule has 0 bridgehead atoms. The lowest BCUT2D eigenvalue weighted by atomic mass is 9.99. The molecule has 36 heavy (non-hydrogen) atoms. The quantitative estimate of drug-likeness (QED) is 0.540. The van der Waals surface area contributed by atoms with Crippen LogP contribution in [0.3, 0.4) is 0 Å². The van der Waals surface area contributed by atoms with Crippen molar-refractivity contribution in [3.8, 4) is 17.2 Å². The second kappa shape index (κ2) is 10.6. The molecule has 2 aromatic heterocycles. The minimum Gasteiger partial charge on any atom is -0.472 e. The molecule has 3 heterocycles. The number of amides is 3. The predicted molar refractivity (Wildman–Crippen MR) is 137 cm³/mol. The molecule has 4 rings (SSSR count). The molecule has 0 fully saturated rings. The zero-order valence-corrected chi connectivity index (χ0v) is 21.4. The molecule has 192 valence electrons. The number of pyridine rings is 1. The first kappa shape index (κ1) is 25.5. The van der Waals surface area contributed by atoms with E-state index in [4.69, 9.17) is 9.15 Å². The number of urea groups is 1. The first-order valence-electron chi connectivity index (χ1n) is 12.3. The Morgan fingerprint density at radius 2 is 2.03 bits per heavy atom. The van der Waals surface area contributed by atoms with E-state index in [-0.39, 0.29) is 36.4 Å². The van der Waals surface area contributed by atoms with E-state index >= 15 is 0 Å². The maximum absolute atomic E-state index is 13.6. The highest BCUT2D eigenvalue weighted by Gasteiger charge is 2.35. The molecule has 1 aliphatic rings. The smallest absolute Gasteiger partial charge is 0.317 e. The monoisotopic (exact) mass is 494 g/mol. The van der Waals surface area contributed by atoms with Gasteiger partial charge in [0.1, 0.15) is 23.0 Å². The van der Waals surface area contributed by atoms with Crippen molar-refractivity contribution in [2.24, 2.45) is 5.92 Å². The highest BCUT2D eigenvalue weighted by Crippen LogP contribution is 2.32. The molecule has 1 aromatic carbocycles. The van der Waals surface area contributed by atoms with E-state index < -0.39 is 12.1 Å². The number of carbonyl (C=O) groups excluding carboxylic acids is 2. The van der Waals surface area contributed by atoms with Crippen LogP contribution in [0.2, 0.25) is 0 Å². The summed E-state index contributed by atoms with van der Waals surface area (Å²) in [6.45, 7) is 8.07. The number of likely N-dealkylation sites (N-methyl/N-ethyl adjacent to an activating group) is 1. The van der Waals surface area contributed by atoms with E-state index in [1.165, 1.54) is 0 Å². The van der Waals surface area contributed by atoms with Gasteiger partial charge in [-0.05, 0) is 39.0 Å². The number of hydrogen-bond donors (Lipinski definition) is 2. The van der Waals surface area contributed by atoms with Crippen molar-refractivity contribution in [3.05, 3.63) is 48.2 Å². The van der Waals surface area contributed by atoms with Gasteiger partial charge in [0.2, 0.25) is 5.88 Å². The SMILES string of the molecule is CC(C)NC(=O)N(C)C[C@@H]1Oc2ncc(-c3cc4ccccc4o3)cc2C(=O)N([C@H](C)CO)C[C@@H]1C. The van der Waals surface area contributed by atoms with Gasteiger partial charge in [-0.25, -0.2) is 9.78 Å². The maximum atomic E-state index is 13.6. The van der Waals surface area contributed by atoms with Gasteiger partial charge in [-0.1, -0.05) is 25.1 Å². The first-order valence-corrected chi connectivity index (χ1v) is 12.3. The maximum Gasteiger partial charge on any atom is 0.317 e. The van der Waals surface area contributed by atoms with Crippen molar-refractivity contribution in [3.63, 3.8) is 0 Å². The molecule has 3 atom stereocenters. The van der Waals surface area contributed by atoms with Crippen LogP contribution in [0.4, 0.5) is 4.79 Å². The Labute approximate surface area is 211 Å². The van der Waals surface area contributed by atoms with E-state index in [0.717, 1.165) is 11.0 Å². The highest BCUT2D eigenvalue weighted by atomic mass is 16.5. The third-order valence-corrected chi connectivity index (χ3v) is 6.44. The van der Waals surface area contributed by atoms with Gasteiger partial charge in [0.05, 0.1) is 19.2 Å². The van der Waals surface area contributed by atoms with Crippen LogP contribution in [0.25, 0.3) is 22.3 Å². The Bertz CT molecular complexity index is 1210. The number of para-hydroxylation sites is 1. The molecule has 0 saturated heterocycles. The minimum absolute atomic E-state index is 0.00760. The number of furan rings is 1. The fraction of sp³-hybridized carbons (Fsp3) is 0.444. The summed E-state index contributed by atoms with van der Waals surface area (Å²) >= 11 is 0. The standard InChI is InChI=1S/C27H34N4O5/c1-16(2)29-27(34)30(5)14-24-17(3)13-31(18(4)15-32)26(33)21-10-20(12-28-25(21)36-24)23-11-19-8-6-7-9-22(19)35-23/h6-12,16-18,24,32H,13-15H2,1-5H3,(H,29,34)/t17-,18+,24-/m0/s1. The summed E-state index contributed by atoms with van der Waals surface area (Å²) in [5.74, 6) is 0.401. The second-order valence-electron chi connectivity index (χ2n) is 9.83. The third kappa shape index (κ3) is 5.31. The molecule has 9 heteroatoms. The Balaban J connectivity index is 1.70. The molecule has 0 saturated carbocycles. The Morgan fingerprint density at radius 3 is 2.72 bits per heavy atom. The summed E-state index contributed by atoms with van der Waals surface area (Å²) in [5.41, 5.74) is 1.69. The molecular weight excluding hydrogens is 460 g/mol. The number of aliphatic hydroxyl groups excluding tert-OH is 1. The largest absolute Gasteiger partial charge is 0.472 e. The van der Waals surface area contributed by atoms with Crippen LogP contribution >= 0.6 is 0 Å². The van der Waals surface area contributed by atoms with Gasteiger partial charge in [0.25, 0.3) is 5.91 Å². The van der Waals surface area contributed by atoms with Crippen LogP contribution in [0.5, 0.6) is 5.88 Å². The summed E-state index contributed by atoms with van der Waals surface area (Å²) in [6.07, 6.45) is 1.21. The van der Waals surface area contributed by atoms with Crippen molar-refractivity contribution < 1.29 is 23.8 Å². The van der Waals surface area contributed by atoms with Crippen LogP contribution in [-0.4, -0.2) is 76.8 Å². The number of nitrogens with zero attached hydrogens (tertiary/aromatic N) is 3. The normalized spacial score (nSPS) is 18.9. The van der Waals surface area contributed by atoms with E-state index in [2.05, 4.69) is 10.3 Å². The number of carbonyl (C=O) groups is 2. The summed E-state index contributed by atoms with van der Waals surface area (Å²) in [5, 5.41) is 13.7. The molecular formula is C27H34N4O5. The average molecular weight is 495 g/mol. The molecule has 2 N–H and O–H groups in total. The van der Waals surface area contributed by atoms with Crippen LogP contribution in [0, 0.1) is 5.92 Å². The van der Waals surface area contributed by atoms with Gasteiger partial charge in [-0.15, -0.1) is 0 Å². The molecule has 1 aliphatic heterocycles. The fourth-order valence-corrected chi connectivity index (χ4v) is 4.29. The minimum atomic E-state index is -0.419. The van der Waals surface area contributed by atoms with E-state index in [1.54, 1.807) is 36.0 Å². The number of rotatable bonds is 6. The molecule has 0 spiro atoms. The molecule has 0 radical (unpaired) electrons. The van der Waals surface area contributed by atoms with Crippen LogP contribution in [0.1, 0.15) is 38.1 Å². The van der Waals surface area contributed by atoms with E-state index in [0.29, 0.717) is 30.0 Å². The van der Waals surface area contributed by atoms with Crippen molar-refractivity contribution >= 4 is 22.9 Å². The molecule has 3 amide bonds. The number of aliphatic hydroxyl groups is 1. The van der Waals surface area contributed by atoms with Gasteiger partial charge < -0.3 is 29.4 Å². The number of fused-ring (bicyclic) bond motifs is 2. The van der Waals surface area contributed by atoms with Gasteiger partial charge in [0, 0.05) is 42.7 Å². The molecule has 0 aliphatic carbocycles. The fourth-order valence-electron chi connectivity index (χ4n) is 4.29. The predicted octanol–water partition coefficient (Wildman–Crippen LogP) is 3.76. The molecule has 0 unspecified atom stereocenters. The van der Waals surface area contributed by atoms with E-state index in [9.17, 15) is 14.7 Å². The summed E-state index contributed by atoms with van der Waals surface area (Å²) in [6, 6.07) is 10.7. The van der Waals surface area contributed by atoms with Gasteiger partial charge >= 0.3 is 6.03 Å². The van der Waals surface area contributed by atoms with Crippen molar-refractivity contribution in [1.82, 2.24) is 20.1 Å². The van der Waals surface area contributed by atoms with Crippen molar-refractivity contribution in [1.29, 1.82) is 0 Å². The second-order valence-corrected chi connectivity index (χ2v) is 9.83. The Hall–Kier alpha value is -3.59. The lowest BCUT2D eigenvalue weighted by Crippen LogP contribution is -2.51. The highest BCUT2D eigenvalue weighted by molar-refractivity contribution is 5.98. The van der Waals surface area contributed by atoms with Crippen molar-refractivity contribution in [2.45, 2.75) is 45.9 Å². The average Bonchev–Trinajstić information content (AvgIpc) is 3.29. The van der Waals surface area contributed by atoms with Crippen molar-refractivity contribution in [2.75, 3.05) is 26.7 Å². The first-order chi connectivity index (χ1) is 17.2. The van der Waals surface area contributed by atoms with Gasteiger partial charge in [-0.2, -0.15) is 0 Å². The number of ether oxygens (including phenoxy) is 1. The summed E-state index contributed by atoms with van der Waals surface area (Å²) in [7, 11) is 1.71. The number of nitrogens with one attached hydrogen (secondary N) is 1. The molecule has 3 aromatic rings. The van der Waals surface area contributed by atoms with Gasteiger partial charge in [-0.3, -0.25) is 4.79 Å². The van der Waals surface area contributed by atoms with E-state index in [1.807, 2.05) is 51.1 Å². The third-order valence-electron chi connectivity index (χ3n) is 6.44. The molecule has 9 nitrogen and oxygen atoms in total.